The van der Waals surface area contributed by atoms with Gasteiger partial charge in [0, 0.05) is 24.0 Å². The van der Waals surface area contributed by atoms with Gasteiger partial charge in [-0.15, -0.1) is 0 Å². The van der Waals surface area contributed by atoms with Crippen molar-refractivity contribution in [2.24, 2.45) is 0 Å². The molecular weight excluding hydrogens is 262 g/mol. The summed E-state index contributed by atoms with van der Waals surface area (Å²) in [6.07, 6.45) is 5.61. The average molecular weight is 278 g/mol. The van der Waals surface area contributed by atoms with Crippen molar-refractivity contribution in [3.8, 4) is 0 Å². The predicted molar refractivity (Wildman–Crippen MR) is 74.7 cm³/mol. The van der Waals surface area contributed by atoms with Gasteiger partial charge in [-0.25, -0.2) is 0 Å². The zero-order chi connectivity index (χ0) is 14.0. The number of hydrogen-bond donors (Lipinski definition) is 0. The minimum Gasteiger partial charge on any atom is -0.287 e. The van der Waals surface area contributed by atoms with Gasteiger partial charge >= 0.3 is 0 Å². The van der Waals surface area contributed by atoms with Gasteiger partial charge < -0.3 is 0 Å². The molecule has 4 nitrogen and oxygen atoms in total. The monoisotopic (exact) mass is 277 g/mol. The Morgan fingerprint density at radius 2 is 2.16 bits per heavy atom. The molecule has 19 heavy (non-hydrogen) atoms. The highest BCUT2D eigenvalue weighted by Gasteiger charge is 2.22. The van der Waals surface area contributed by atoms with Gasteiger partial charge in [-0.3, -0.25) is 14.5 Å². The molecular formula is C14H16ClN3O. The second-order valence-corrected chi connectivity index (χ2v) is 5.00. The molecule has 0 atom stereocenters. The number of rotatable bonds is 4. The molecule has 0 saturated heterocycles. The van der Waals surface area contributed by atoms with Crippen LogP contribution in [-0.2, 0) is 6.42 Å². The van der Waals surface area contributed by atoms with Crippen LogP contribution in [-0.4, -0.2) is 20.5 Å². The SMILES string of the molecule is CCc1cnccc1C(=O)c1c(Cl)cnn1C(C)C. The molecule has 0 bridgehead atoms. The van der Waals surface area contributed by atoms with Gasteiger partial charge in [0.05, 0.1) is 11.2 Å². The maximum atomic E-state index is 12.7. The van der Waals surface area contributed by atoms with Crippen LogP contribution in [0.25, 0.3) is 0 Å². The molecule has 0 amide bonds. The smallest absolute Gasteiger partial charge is 0.212 e. The van der Waals surface area contributed by atoms with Gasteiger partial charge in [-0.2, -0.15) is 5.10 Å². The van der Waals surface area contributed by atoms with E-state index in [1.54, 1.807) is 23.1 Å². The Bertz CT molecular complexity index is 604. The third-order valence-corrected chi connectivity index (χ3v) is 3.26. The molecule has 0 spiro atoms. The molecule has 100 valence electrons. The fourth-order valence-corrected chi connectivity index (χ4v) is 2.22. The van der Waals surface area contributed by atoms with Crippen LogP contribution in [0.4, 0.5) is 0 Å². The summed E-state index contributed by atoms with van der Waals surface area (Å²) in [4.78, 5) is 16.7. The minimum absolute atomic E-state index is 0.0818. The standard InChI is InChI=1S/C14H16ClN3O/c1-4-10-7-16-6-5-11(10)14(19)13-12(15)8-17-18(13)9(2)3/h5-9H,4H2,1-3H3. The Hall–Kier alpha value is -1.68. The number of pyridine rings is 1. The van der Waals surface area contributed by atoms with Gasteiger partial charge in [-0.05, 0) is 31.9 Å². The molecule has 0 aliphatic carbocycles. The van der Waals surface area contributed by atoms with E-state index in [0.717, 1.165) is 12.0 Å². The fraction of sp³-hybridized carbons (Fsp3) is 0.357. The quantitative estimate of drug-likeness (QED) is 0.806. The molecule has 2 aromatic rings. The Balaban J connectivity index is 2.53. The van der Waals surface area contributed by atoms with Gasteiger partial charge in [0.2, 0.25) is 5.78 Å². The topological polar surface area (TPSA) is 47.8 Å². The number of aryl methyl sites for hydroxylation is 1. The number of carbonyl (C=O) groups excluding carboxylic acids is 1. The number of carbonyl (C=O) groups is 1. The van der Waals surface area contributed by atoms with E-state index < -0.39 is 0 Å². The van der Waals surface area contributed by atoms with E-state index in [-0.39, 0.29) is 11.8 Å². The van der Waals surface area contributed by atoms with Gasteiger partial charge in [0.1, 0.15) is 5.69 Å². The molecule has 2 aromatic heterocycles. The first-order valence-electron chi connectivity index (χ1n) is 6.26. The highest BCUT2D eigenvalue weighted by Crippen LogP contribution is 2.23. The summed E-state index contributed by atoms with van der Waals surface area (Å²) in [5.74, 6) is -0.101. The molecule has 0 aliphatic rings. The van der Waals surface area contributed by atoms with Crippen molar-refractivity contribution in [3.05, 3.63) is 46.5 Å². The van der Waals surface area contributed by atoms with E-state index in [1.807, 2.05) is 20.8 Å². The van der Waals surface area contributed by atoms with Crippen molar-refractivity contribution in [2.75, 3.05) is 0 Å². The maximum absolute atomic E-state index is 12.7. The second kappa shape index (κ2) is 5.53. The van der Waals surface area contributed by atoms with Crippen LogP contribution >= 0.6 is 11.6 Å². The largest absolute Gasteiger partial charge is 0.287 e. The molecule has 2 heterocycles. The van der Waals surface area contributed by atoms with Crippen molar-refractivity contribution in [1.29, 1.82) is 0 Å². The first kappa shape index (κ1) is 13.7. The van der Waals surface area contributed by atoms with Gasteiger partial charge in [0.15, 0.2) is 0 Å². The highest BCUT2D eigenvalue weighted by atomic mass is 35.5. The Kier molecular flexibility index (Phi) is 4.00. The van der Waals surface area contributed by atoms with E-state index in [1.165, 1.54) is 6.20 Å². The third-order valence-electron chi connectivity index (χ3n) is 2.98. The number of hydrogen-bond acceptors (Lipinski definition) is 3. The summed E-state index contributed by atoms with van der Waals surface area (Å²) in [5, 5.41) is 4.55. The highest BCUT2D eigenvalue weighted by molar-refractivity contribution is 6.34. The molecule has 0 aliphatic heterocycles. The van der Waals surface area contributed by atoms with E-state index in [2.05, 4.69) is 10.1 Å². The van der Waals surface area contributed by atoms with Crippen molar-refractivity contribution >= 4 is 17.4 Å². The second-order valence-electron chi connectivity index (χ2n) is 4.59. The molecule has 0 aromatic carbocycles. The summed E-state index contributed by atoms with van der Waals surface area (Å²) >= 11 is 6.11. The molecule has 0 N–H and O–H groups in total. The van der Waals surface area contributed by atoms with Gasteiger partial charge in [-0.1, -0.05) is 18.5 Å². The van der Waals surface area contributed by atoms with Crippen LogP contribution < -0.4 is 0 Å². The average Bonchev–Trinajstić information content (AvgIpc) is 2.80. The van der Waals surface area contributed by atoms with E-state index in [4.69, 9.17) is 11.6 Å². The predicted octanol–water partition coefficient (Wildman–Crippen LogP) is 3.31. The zero-order valence-electron chi connectivity index (χ0n) is 11.2. The number of ketones is 1. The summed E-state index contributed by atoms with van der Waals surface area (Å²) in [7, 11) is 0. The Morgan fingerprint density at radius 3 is 2.79 bits per heavy atom. The summed E-state index contributed by atoms with van der Waals surface area (Å²) in [6, 6.07) is 1.81. The summed E-state index contributed by atoms with van der Waals surface area (Å²) < 4.78 is 1.66. The van der Waals surface area contributed by atoms with Crippen LogP contribution in [0.1, 0.15) is 48.4 Å². The zero-order valence-corrected chi connectivity index (χ0v) is 12.0. The van der Waals surface area contributed by atoms with E-state index in [0.29, 0.717) is 16.3 Å². The number of nitrogens with zero attached hydrogens (tertiary/aromatic N) is 3. The lowest BCUT2D eigenvalue weighted by Crippen LogP contribution is -2.15. The fourth-order valence-electron chi connectivity index (χ4n) is 2.00. The molecule has 2 rings (SSSR count). The van der Waals surface area contributed by atoms with Gasteiger partial charge in [0.25, 0.3) is 0 Å². The number of halogens is 1. The molecule has 0 saturated carbocycles. The van der Waals surface area contributed by atoms with Crippen LogP contribution in [0, 0.1) is 0 Å². The molecule has 0 unspecified atom stereocenters. The van der Waals surface area contributed by atoms with Crippen molar-refractivity contribution < 1.29 is 4.79 Å². The van der Waals surface area contributed by atoms with E-state index in [9.17, 15) is 4.79 Å². The molecule has 0 fully saturated rings. The summed E-state index contributed by atoms with van der Waals surface area (Å²) in [5.41, 5.74) is 2.00. The first-order valence-corrected chi connectivity index (χ1v) is 6.64. The third kappa shape index (κ3) is 2.54. The normalized spacial score (nSPS) is 11.0. The first-order chi connectivity index (χ1) is 9.06. The van der Waals surface area contributed by atoms with Crippen molar-refractivity contribution in [2.45, 2.75) is 33.2 Å². The lowest BCUT2D eigenvalue weighted by molar-refractivity contribution is 0.102. The van der Waals surface area contributed by atoms with Crippen LogP contribution in [0.15, 0.2) is 24.7 Å². The van der Waals surface area contributed by atoms with Crippen LogP contribution in [0.5, 0.6) is 0 Å². The summed E-state index contributed by atoms with van der Waals surface area (Å²) in [6.45, 7) is 5.93. The Labute approximate surface area is 117 Å². The van der Waals surface area contributed by atoms with E-state index >= 15 is 0 Å². The van der Waals surface area contributed by atoms with Crippen LogP contribution in [0.3, 0.4) is 0 Å². The minimum atomic E-state index is -0.101. The maximum Gasteiger partial charge on any atom is 0.212 e. The number of aromatic nitrogens is 3. The lowest BCUT2D eigenvalue weighted by atomic mass is 10.0. The van der Waals surface area contributed by atoms with Crippen LogP contribution in [0.2, 0.25) is 5.02 Å². The van der Waals surface area contributed by atoms with Crippen molar-refractivity contribution in [3.63, 3.8) is 0 Å². The van der Waals surface area contributed by atoms with Crippen molar-refractivity contribution in [1.82, 2.24) is 14.8 Å². The molecule has 0 radical (unpaired) electrons. The lowest BCUT2D eigenvalue weighted by Gasteiger charge is -2.12. The Morgan fingerprint density at radius 1 is 1.42 bits per heavy atom. The molecule has 5 heteroatoms.